The Morgan fingerprint density at radius 3 is 2.68 bits per heavy atom. The molecule has 0 aliphatic heterocycles. The number of rotatable bonds is 2. The number of hydrogen-bond acceptors (Lipinski definition) is 2. The molecule has 0 fully saturated rings. The summed E-state index contributed by atoms with van der Waals surface area (Å²) in [7, 11) is 0. The Morgan fingerprint density at radius 2 is 1.89 bits per heavy atom. The first-order chi connectivity index (χ1) is 9.11. The van der Waals surface area contributed by atoms with Crippen LogP contribution in [0.1, 0.15) is 22.5 Å². The van der Waals surface area contributed by atoms with Crippen molar-refractivity contribution in [3.05, 3.63) is 58.9 Å². The maximum atomic E-state index is 5.80. The highest BCUT2D eigenvalue weighted by molar-refractivity contribution is 5.77. The lowest BCUT2D eigenvalue weighted by atomic mass is 10.1. The molecular weight excluding hydrogens is 234 g/mol. The maximum absolute atomic E-state index is 5.80. The van der Waals surface area contributed by atoms with Gasteiger partial charge in [-0.15, -0.1) is 0 Å². The van der Waals surface area contributed by atoms with Gasteiger partial charge in [-0.3, -0.25) is 0 Å². The van der Waals surface area contributed by atoms with E-state index in [1.54, 1.807) is 0 Å². The van der Waals surface area contributed by atoms with Crippen LogP contribution in [0.15, 0.2) is 36.4 Å². The van der Waals surface area contributed by atoms with Crippen LogP contribution in [0.2, 0.25) is 0 Å². The fourth-order valence-electron chi connectivity index (χ4n) is 2.30. The Morgan fingerprint density at radius 1 is 1.11 bits per heavy atom. The first-order valence-corrected chi connectivity index (χ1v) is 6.42. The summed E-state index contributed by atoms with van der Waals surface area (Å²) in [6.45, 7) is 4.23. The van der Waals surface area contributed by atoms with Crippen LogP contribution >= 0.6 is 0 Å². The van der Waals surface area contributed by atoms with Gasteiger partial charge in [0.05, 0.1) is 11.0 Å². The van der Waals surface area contributed by atoms with Crippen molar-refractivity contribution in [2.75, 3.05) is 5.73 Å². The number of nitrogens with zero attached hydrogens (tertiary/aromatic N) is 1. The molecule has 0 bridgehead atoms. The minimum atomic E-state index is 0.776. The van der Waals surface area contributed by atoms with E-state index in [0.717, 1.165) is 29.0 Å². The number of nitrogens with one attached hydrogen (secondary N) is 1. The standard InChI is InChI=1S/C16H17N3/c1-10-6-14-15(7-11(10)2)19-16(18-14)9-12-4-3-5-13(17)8-12/h3-8H,9,17H2,1-2H3,(H,18,19). The van der Waals surface area contributed by atoms with Crippen LogP contribution < -0.4 is 5.73 Å². The van der Waals surface area contributed by atoms with Gasteiger partial charge >= 0.3 is 0 Å². The second-order valence-electron chi connectivity index (χ2n) is 5.06. The molecule has 2 aromatic carbocycles. The van der Waals surface area contributed by atoms with Crippen molar-refractivity contribution in [1.29, 1.82) is 0 Å². The second-order valence-corrected chi connectivity index (χ2v) is 5.06. The van der Waals surface area contributed by atoms with Crippen molar-refractivity contribution >= 4 is 16.7 Å². The van der Waals surface area contributed by atoms with Gasteiger partial charge in [0.15, 0.2) is 0 Å². The van der Waals surface area contributed by atoms with Crippen LogP contribution in [0.5, 0.6) is 0 Å². The number of anilines is 1. The van der Waals surface area contributed by atoms with E-state index in [-0.39, 0.29) is 0 Å². The Bertz CT molecular complexity index is 702. The number of H-pyrrole nitrogens is 1. The van der Waals surface area contributed by atoms with Crippen LogP contribution in [0.4, 0.5) is 5.69 Å². The van der Waals surface area contributed by atoms with Crippen LogP contribution in [0.3, 0.4) is 0 Å². The minimum absolute atomic E-state index is 0.776. The topological polar surface area (TPSA) is 54.7 Å². The second kappa shape index (κ2) is 4.43. The predicted molar refractivity (Wildman–Crippen MR) is 79.2 cm³/mol. The third kappa shape index (κ3) is 2.32. The summed E-state index contributed by atoms with van der Waals surface area (Å²) in [4.78, 5) is 8.02. The van der Waals surface area contributed by atoms with Crippen molar-refractivity contribution in [2.45, 2.75) is 20.3 Å². The number of nitrogens with two attached hydrogens (primary N) is 1. The molecule has 3 rings (SSSR count). The SMILES string of the molecule is Cc1cc2nc(Cc3cccc(N)c3)[nH]c2cc1C. The van der Waals surface area contributed by atoms with E-state index < -0.39 is 0 Å². The molecule has 19 heavy (non-hydrogen) atoms. The highest BCUT2D eigenvalue weighted by Gasteiger charge is 2.05. The first kappa shape index (κ1) is 11.8. The van der Waals surface area contributed by atoms with Crippen molar-refractivity contribution in [2.24, 2.45) is 0 Å². The molecule has 0 amide bonds. The number of aromatic nitrogens is 2. The van der Waals surface area contributed by atoms with Crippen molar-refractivity contribution in [3.8, 4) is 0 Å². The first-order valence-electron chi connectivity index (χ1n) is 6.42. The van der Waals surface area contributed by atoms with Gasteiger partial charge in [0.25, 0.3) is 0 Å². The Balaban J connectivity index is 1.97. The van der Waals surface area contributed by atoms with Gasteiger partial charge in [-0.05, 0) is 54.8 Å². The van der Waals surface area contributed by atoms with Gasteiger partial charge in [0, 0.05) is 12.1 Å². The summed E-state index contributed by atoms with van der Waals surface area (Å²) in [6, 6.07) is 12.2. The molecule has 3 N–H and O–H groups in total. The lowest BCUT2D eigenvalue weighted by molar-refractivity contribution is 1.04. The van der Waals surface area contributed by atoms with Gasteiger partial charge in [0.1, 0.15) is 5.82 Å². The molecule has 0 atom stereocenters. The maximum Gasteiger partial charge on any atom is 0.111 e. The van der Waals surface area contributed by atoms with Gasteiger partial charge in [-0.1, -0.05) is 12.1 Å². The van der Waals surface area contributed by atoms with E-state index in [4.69, 9.17) is 5.73 Å². The summed E-state index contributed by atoms with van der Waals surface area (Å²) < 4.78 is 0. The average molecular weight is 251 g/mol. The molecule has 0 aliphatic rings. The lowest BCUT2D eigenvalue weighted by Gasteiger charge is -1.99. The molecule has 0 aliphatic carbocycles. The average Bonchev–Trinajstić information content (AvgIpc) is 2.71. The molecule has 3 heteroatoms. The zero-order valence-electron chi connectivity index (χ0n) is 11.2. The number of nitrogen functional groups attached to an aromatic ring is 1. The highest BCUT2D eigenvalue weighted by Crippen LogP contribution is 2.19. The van der Waals surface area contributed by atoms with Crippen molar-refractivity contribution < 1.29 is 0 Å². The molecular formula is C16H17N3. The zero-order valence-corrected chi connectivity index (χ0v) is 11.2. The number of hydrogen-bond donors (Lipinski definition) is 2. The third-order valence-corrected chi connectivity index (χ3v) is 3.47. The van der Waals surface area contributed by atoms with E-state index in [9.17, 15) is 0 Å². The van der Waals surface area contributed by atoms with Crippen LogP contribution in [0, 0.1) is 13.8 Å². The fraction of sp³-hybridized carbons (Fsp3) is 0.188. The fourth-order valence-corrected chi connectivity index (χ4v) is 2.30. The molecule has 3 nitrogen and oxygen atoms in total. The van der Waals surface area contributed by atoms with Gasteiger partial charge in [0.2, 0.25) is 0 Å². The summed E-state index contributed by atoms with van der Waals surface area (Å²) in [5, 5.41) is 0. The number of fused-ring (bicyclic) bond motifs is 1. The Kier molecular flexibility index (Phi) is 2.75. The van der Waals surface area contributed by atoms with Gasteiger partial charge in [-0.2, -0.15) is 0 Å². The minimum Gasteiger partial charge on any atom is -0.399 e. The summed E-state index contributed by atoms with van der Waals surface area (Å²) in [6.07, 6.45) is 0.776. The van der Waals surface area contributed by atoms with E-state index in [2.05, 4.69) is 42.0 Å². The molecule has 1 heterocycles. The number of imidazole rings is 1. The van der Waals surface area contributed by atoms with Crippen LogP contribution in [-0.4, -0.2) is 9.97 Å². The number of aryl methyl sites for hydroxylation is 2. The summed E-state index contributed by atoms with van der Waals surface area (Å²) in [5.74, 6) is 0.977. The molecule has 0 radical (unpaired) electrons. The third-order valence-electron chi connectivity index (χ3n) is 3.47. The lowest BCUT2D eigenvalue weighted by Crippen LogP contribution is -1.92. The highest BCUT2D eigenvalue weighted by atomic mass is 14.9. The quantitative estimate of drug-likeness (QED) is 0.686. The number of benzene rings is 2. The summed E-state index contributed by atoms with van der Waals surface area (Å²) in [5.41, 5.74) is 12.4. The van der Waals surface area contributed by atoms with Crippen molar-refractivity contribution in [3.63, 3.8) is 0 Å². The Hall–Kier alpha value is -2.29. The molecule has 0 saturated heterocycles. The van der Waals surface area contributed by atoms with Gasteiger partial charge < -0.3 is 10.7 Å². The van der Waals surface area contributed by atoms with E-state index >= 15 is 0 Å². The Labute approximate surface area is 112 Å². The van der Waals surface area contributed by atoms with Crippen LogP contribution in [0.25, 0.3) is 11.0 Å². The molecule has 3 aromatic rings. The molecule has 1 aromatic heterocycles. The smallest absolute Gasteiger partial charge is 0.111 e. The van der Waals surface area contributed by atoms with Gasteiger partial charge in [-0.25, -0.2) is 4.98 Å². The zero-order chi connectivity index (χ0) is 13.4. The van der Waals surface area contributed by atoms with Crippen LogP contribution in [-0.2, 0) is 6.42 Å². The molecule has 0 unspecified atom stereocenters. The van der Waals surface area contributed by atoms with E-state index in [0.29, 0.717) is 0 Å². The van der Waals surface area contributed by atoms with Crippen molar-refractivity contribution in [1.82, 2.24) is 9.97 Å². The molecule has 96 valence electrons. The molecule has 0 spiro atoms. The monoisotopic (exact) mass is 251 g/mol. The molecule has 0 saturated carbocycles. The largest absolute Gasteiger partial charge is 0.399 e. The summed E-state index contributed by atoms with van der Waals surface area (Å²) >= 11 is 0. The van der Waals surface area contributed by atoms with E-state index in [1.165, 1.54) is 16.7 Å². The van der Waals surface area contributed by atoms with E-state index in [1.807, 2.05) is 18.2 Å². The number of aromatic amines is 1. The normalized spacial score (nSPS) is 11.1. The predicted octanol–water partition coefficient (Wildman–Crippen LogP) is 3.35.